The lowest BCUT2D eigenvalue weighted by Gasteiger charge is -1.97. The van der Waals surface area contributed by atoms with E-state index in [0.717, 1.165) is 4.47 Å². The molecule has 0 saturated carbocycles. The Morgan fingerprint density at radius 1 is 0.750 bits per heavy atom. The summed E-state index contributed by atoms with van der Waals surface area (Å²) in [5.74, 6) is 0. The number of epoxide rings is 1. The fourth-order valence-electron chi connectivity index (χ4n) is 1.91. The Labute approximate surface area is 103 Å². The highest BCUT2D eigenvalue weighted by Gasteiger charge is 2.41. The van der Waals surface area contributed by atoms with Gasteiger partial charge in [-0.3, -0.25) is 0 Å². The SMILES string of the molecule is Brc1ccc([C@@H]2O[C@@H]2c2ccccc2)cc1. The third-order valence-electron chi connectivity index (χ3n) is 2.82. The zero-order valence-corrected chi connectivity index (χ0v) is 10.2. The highest BCUT2D eigenvalue weighted by Crippen LogP contribution is 2.50. The van der Waals surface area contributed by atoms with Gasteiger partial charge in [-0.15, -0.1) is 0 Å². The minimum atomic E-state index is 0.232. The minimum absolute atomic E-state index is 0.232. The zero-order chi connectivity index (χ0) is 11.0. The van der Waals surface area contributed by atoms with E-state index in [0.29, 0.717) is 0 Å². The second-order valence-electron chi connectivity index (χ2n) is 3.94. The van der Waals surface area contributed by atoms with E-state index in [9.17, 15) is 0 Å². The minimum Gasteiger partial charge on any atom is -0.359 e. The monoisotopic (exact) mass is 274 g/mol. The van der Waals surface area contributed by atoms with Gasteiger partial charge >= 0.3 is 0 Å². The van der Waals surface area contributed by atoms with Crippen LogP contribution in [0.4, 0.5) is 0 Å². The molecule has 1 nitrogen and oxygen atoms in total. The molecule has 0 aromatic heterocycles. The lowest BCUT2D eigenvalue weighted by atomic mass is 10.0. The number of ether oxygens (including phenoxy) is 1. The molecule has 0 amide bonds. The van der Waals surface area contributed by atoms with Gasteiger partial charge in [0.1, 0.15) is 12.2 Å². The Morgan fingerprint density at radius 3 is 1.94 bits per heavy atom. The molecule has 1 aliphatic heterocycles. The van der Waals surface area contributed by atoms with Gasteiger partial charge in [-0.2, -0.15) is 0 Å². The van der Waals surface area contributed by atoms with Gasteiger partial charge < -0.3 is 4.74 Å². The van der Waals surface area contributed by atoms with Crippen LogP contribution in [0.1, 0.15) is 23.3 Å². The summed E-state index contributed by atoms with van der Waals surface area (Å²) in [5, 5.41) is 0. The fraction of sp³-hybridized carbons (Fsp3) is 0.143. The first kappa shape index (κ1) is 10.1. The Hall–Kier alpha value is -1.12. The summed E-state index contributed by atoms with van der Waals surface area (Å²) in [6, 6.07) is 18.7. The van der Waals surface area contributed by atoms with Crippen LogP contribution in [0.25, 0.3) is 0 Å². The van der Waals surface area contributed by atoms with Crippen LogP contribution >= 0.6 is 15.9 Å². The molecule has 2 aromatic rings. The summed E-state index contributed by atoms with van der Waals surface area (Å²) in [7, 11) is 0. The Balaban J connectivity index is 1.79. The molecule has 0 spiro atoms. The van der Waals surface area contributed by atoms with E-state index in [4.69, 9.17) is 4.74 Å². The zero-order valence-electron chi connectivity index (χ0n) is 8.64. The van der Waals surface area contributed by atoms with Gasteiger partial charge in [0.2, 0.25) is 0 Å². The molecule has 2 atom stereocenters. The van der Waals surface area contributed by atoms with Crippen molar-refractivity contribution in [1.29, 1.82) is 0 Å². The average Bonchev–Trinajstić information content (AvgIpc) is 3.11. The van der Waals surface area contributed by atoms with Crippen molar-refractivity contribution in [2.75, 3.05) is 0 Å². The molecule has 0 unspecified atom stereocenters. The predicted molar refractivity (Wildman–Crippen MR) is 67.2 cm³/mol. The molecule has 1 saturated heterocycles. The quantitative estimate of drug-likeness (QED) is 0.746. The maximum atomic E-state index is 5.71. The molecule has 16 heavy (non-hydrogen) atoms. The van der Waals surface area contributed by atoms with Crippen LogP contribution in [0.15, 0.2) is 59.1 Å². The van der Waals surface area contributed by atoms with Crippen LogP contribution in [0.5, 0.6) is 0 Å². The summed E-state index contributed by atoms with van der Waals surface area (Å²) in [5.41, 5.74) is 2.51. The molecule has 0 N–H and O–H groups in total. The Kier molecular flexibility index (Phi) is 2.54. The molecule has 2 aromatic carbocycles. The Bertz CT molecular complexity index is 478. The van der Waals surface area contributed by atoms with Gasteiger partial charge in [0, 0.05) is 4.47 Å². The molecule has 1 fully saturated rings. The predicted octanol–water partition coefficient (Wildman–Crippen LogP) is 4.26. The maximum Gasteiger partial charge on any atom is 0.114 e. The van der Waals surface area contributed by atoms with Crippen molar-refractivity contribution in [2.24, 2.45) is 0 Å². The summed E-state index contributed by atoms with van der Waals surface area (Å²) < 4.78 is 6.82. The standard InChI is InChI=1S/C14H11BrO/c15-12-8-6-11(7-9-12)14-13(16-14)10-4-2-1-3-5-10/h1-9,13-14H/t13-,14+/m1/s1. The van der Waals surface area contributed by atoms with Crippen molar-refractivity contribution in [2.45, 2.75) is 12.2 Å². The highest BCUT2D eigenvalue weighted by atomic mass is 79.9. The van der Waals surface area contributed by atoms with Gasteiger partial charge in [0.05, 0.1) is 0 Å². The molecular formula is C14H11BrO. The van der Waals surface area contributed by atoms with E-state index in [1.165, 1.54) is 11.1 Å². The van der Waals surface area contributed by atoms with Crippen LogP contribution < -0.4 is 0 Å². The molecule has 0 radical (unpaired) electrons. The lowest BCUT2D eigenvalue weighted by Crippen LogP contribution is -1.83. The highest BCUT2D eigenvalue weighted by molar-refractivity contribution is 9.10. The first-order valence-electron chi connectivity index (χ1n) is 5.30. The summed E-state index contributed by atoms with van der Waals surface area (Å²) >= 11 is 3.43. The number of rotatable bonds is 2. The van der Waals surface area contributed by atoms with E-state index in [-0.39, 0.29) is 12.2 Å². The van der Waals surface area contributed by atoms with Crippen LogP contribution in [-0.2, 0) is 4.74 Å². The van der Waals surface area contributed by atoms with Crippen molar-refractivity contribution in [1.82, 2.24) is 0 Å². The number of hydrogen-bond acceptors (Lipinski definition) is 1. The average molecular weight is 275 g/mol. The van der Waals surface area contributed by atoms with Gasteiger partial charge in [-0.1, -0.05) is 58.4 Å². The molecule has 1 heterocycles. The topological polar surface area (TPSA) is 12.5 Å². The van der Waals surface area contributed by atoms with Crippen LogP contribution in [0.2, 0.25) is 0 Å². The first-order chi connectivity index (χ1) is 7.84. The fourth-order valence-corrected chi connectivity index (χ4v) is 2.18. The summed E-state index contributed by atoms with van der Waals surface area (Å²) in [4.78, 5) is 0. The largest absolute Gasteiger partial charge is 0.359 e. The maximum absolute atomic E-state index is 5.71. The normalized spacial score (nSPS) is 23.1. The molecule has 0 bridgehead atoms. The van der Waals surface area contributed by atoms with Crippen LogP contribution in [0, 0.1) is 0 Å². The van der Waals surface area contributed by atoms with Crippen molar-refractivity contribution >= 4 is 15.9 Å². The van der Waals surface area contributed by atoms with Crippen molar-refractivity contribution in [3.8, 4) is 0 Å². The second kappa shape index (κ2) is 4.04. The van der Waals surface area contributed by atoms with E-state index in [1.54, 1.807) is 0 Å². The second-order valence-corrected chi connectivity index (χ2v) is 4.86. The smallest absolute Gasteiger partial charge is 0.114 e. The van der Waals surface area contributed by atoms with Gasteiger partial charge in [0.25, 0.3) is 0 Å². The third kappa shape index (κ3) is 1.91. The lowest BCUT2D eigenvalue weighted by molar-refractivity contribution is 0.377. The number of benzene rings is 2. The van der Waals surface area contributed by atoms with Gasteiger partial charge in [-0.25, -0.2) is 0 Å². The van der Waals surface area contributed by atoms with Gasteiger partial charge in [-0.05, 0) is 23.3 Å². The van der Waals surface area contributed by atoms with E-state index >= 15 is 0 Å². The Morgan fingerprint density at radius 2 is 1.31 bits per heavy atom. The third-order valence-corrected chi connectivity index (χ3v) is 3.35. The number of hydrogen-bond donors (Lipinski definition) is 0. The molecular weight excluding hydrogens is 264 g/mol. The first-order valence-corrected chi connectivity index (χ1v) is 6.10. The van der Waals surface area contributed by atoms with Crippen molar-refractivity contribution in [3.63, 3.8) is 0 Å². The molecule has 80 valence electrons. The van der Waals surface area contributed by atoms with E-state index in [1.807, 2.05) is 6.07 Å². The molecule has 2 heteroatoms. The van der Waals surface area contributed by atoms with E-state index < -0.39 is 0 Å². The summed E-state index contributed by atoms with van der Waals surface area (Å²) in [6.07, 6.45) is 0.470. The molecule has 0 aliphatic carbocycles. The number of halogens is 1. The molecule has 3 rings (SSSR count). The van der Waals surface area contributed by atoms with E-state index in [2.05, 4.69) is 64.5 Å². The summed E-state index contributed by atoms with van der Waals surface area (Å²) in [6.45, 7) is 0. The van der Waals surface area contributed by atoms with Crippen molar-refractivity contribution in [3.05, 3.63) is 70.2 Å². The van der Waals surface area contributed by atoms with Crippen molar-refractivity contribution < 1.29 is 4.74 Å². The van der Waals surface area contributed by atoms with Gasteiger partial charge in [0.15, 0.2) is 0 Å². The molecule has 1 aliphatic rings. The van der Waals surface area contributed by atoms with Crippen LogP contribution in [0.3, 0.4) is 0 Å². The van der Waals surface area contributed by atoms with Crippen LogP contribution in [-0.4, -0.2) is 0 Å².